The summed E-state index contributed by atoms with van der Waals surface area (Å²) < 4.78 is 10.8. The van der Waals surface area contributed by atoms with Crippen molar-refractivity contribution >= 4 is 17.8 Å². The van der Waals surface area contributed by atoms with E-state index < -0.39 is 29.4 Å². The second-order valence-electron chi connectivity index (χ2n) is 14.2. The van der Waals surface area contributed by atoms with Gasteiger partial charge in [0.1, 0.15) is 12.3 Å². The van der Waals surface area contributed by atoms with Crippen molar-refractivity contribution in [2.75, 3.05) is 33.6 Å². The number of nitrogens with one attached hydrogen (secondary N) is 2. The summed E-state index contributed by atoms with van der Waals surface area (Å²) >= 11 is 0. The van der Waals surface area contributed by atoms with Crippen LogP contribution in [0.1, 0.15) is 96.1 Å². The zero-order valence-electron chi connectivity index (χ0n) is 31.1. The highest BCUT2D eigenvalue weighted by Crippen LogP contribution is 2.26. The molecule has 0 radical (unpaired) electrons. The second kappa shape index (κ2) is 22.4. The summed E-state index contributed by atoms with van der Waals surface area (Å²) in [6.45, 7) is 7.13. The minimum absolute atomic E-state index is 0.0104. The number of rotatable bonds is 21. The predicted octanol–water partition coefficient (Wildman–Crippen LogP) is 4.98. The molecule has 0 unspecified atom stereocenters. The molecule has 0 bridgehead atoms. The number of aryl methyl sites for hydroxylation is 1. The highest BCUT2D eigenvalue weighted by molar-refractivity contribution is 5.92. The molecule has 12 nitrogen and oxygen atoms in total. The highest BCUT2D eigenvalue weighted by Gasteiger charge is 2.42. The number of carbonyl (C=O) groups is 3. The van der Waals surface area contributed by atoms with Gasteiger partial charge in [-0.1, -0.05) is 63.9 Å². The number of amides is 4. The Morgan fingerprint density at radius 3 is 2.35 bits per heavy atom. The van der Waals surface area contributed by atoms with Gasteiger partial charge in [0.15, 0.2) is 0 Å². The minimum atomic E-state index is -1.34. The largest absolute Gasteiger partial charge is 0.396 e. The lowest BCUT2D eigenvalue weighted by molar-refractivity contribution is -0.149. The Hall–Kier alpha value is -3.58. The number of urea groups is 1. The Labute approximate surface area is 304 Å². The van der Waals surface area contributed by atoms with E-state index >= 15 is 0 Å². The quantitative estimate of drug-likeness (QED) is 0.105. The monoisotopic (exact) mass is 711 g/mol. The van der Waals surface area contributed by atoms with Gasteiger partial charge in [-0.2, -0.15) is 0 Å². The Bertz CT molecular complexity index is 1290. The van der Waals surface area contributed by atoms with Crippen LogP contribution < -0.4 is 10.7 Å². The minimum Gasteiger partial charge on any atom is -0.396 e. The molecule has 1 aromatic carbocycles. The third kappa shape index (κ3) is 14.2. The summed E-state index contributed by atoms with van der Waals surface area (Å²) in [7, 11) is 1.58. The van der Waals surface area contributed by atoms with E-state index in [0.29, 0.717) is 64.0 Å². The third-order valence-corrected chi connectivity index (χ3v) is 9.63. The zero-order valence-corrected chi connectivity index (χ0v) is 31.1. The van der Waals surface area contributed by atoms with Crippen LogP contribution in [0.2, 0.25) is 0 Å². The van der Waals surface area contributed by atoms with Gasteiger partial charge in [0, 0.05) is 45.1 Å². The van der Waals surface area contributed by atoms with E-state index in [1.54, 1.807) is 36.5 Å². The number of hydrogen-bond acceptors (Lipinski definition) is 8. The van der Waals surface area contributed by atoms with E-state index in [-0.39, 0.29) is 44.9 Å². The molecular weight excluding hydrogens is 650 g/mol. The number of aromatic nitrogens is 1. The number of piperidine rings is 1. The van der Waals surface area contributed by atoms with Crippen molar-refractivity contribution in [2.24, 2.45) is 11.8 Å². The molecule has 1 aliphatic heterocycles. The number of pyridine rings is 1. The van der Waals surface area contributed by atoms with Crippen molar-refractivity contribution in [2.45, 2.75) is 116 Å². The molecule has 2 heterocycles. The molecule has 2 aromatic rings. The lowest BCUT2D eigenvalue weighted by Crippen LogP contribution is -2.65. The number of likely N-dealkylation sites (tertiary alicyclic amines) is 1. The molecule has 0 aliphatic carbocycles. The van der Waals surface area contributed by atoms with Crippen LogP contribution in [0.25, 0.3) is 0 Å². The molecule has 1 aromatic heterocycles. The molecule has 3 atom stereocenters. The Morgan fingerprint density at radius 1 is 1.02 bits per heavy atom. The van der Waals surface area contributed by atoms with Gasteiger partial charge < -0.3 is 29.9 Å². The molecule has 0 spiro atoms. The molecular formula is C39H61N5O7. The normalized spacial score (nSPS) is 15.9. The van der Waals surface area contributed by atoms with Crippen molar-refractivity contribution in [1.82, 2.24) is 25.6 Å². The summed E-state index contributed by atoms with van der Waals surface area (Å²) in [6, 6.07) is 13.0. The lowest BCUT2D eigenvalue weighted by atomic mass is 9.85. The van der Waals surface area contributed by atoms with Gasteiger partial charge in [-0.15, -0.1) is 0 Å². The second-order valence-corrected chi connectivity index (χ2v) is 14.2. The highest BCUT2D eigenvalue weighted by atomic mass is 16.7. The average molecular weight is 712 g/mol. The van der Waals surface area contributed by atoms with Gasteiger partial charge in [0.25, 0.3) is 5.91 Å². The van der Waals surface area contributed by atoms with E-state index in [1.165, 1.54) is 5.01 Å². The molecule has 1 saturated heterocycles. The molecule has 4 N–H and O–H groups in total. The molecule has 1 fully saturated rings. The first-order chi connectivity index (χ1) is 24.6. The van der Waals surface area contributed by atoms with Crippen LogP contribution in [0.5, 0.6) is 0 Å². The number of aliphatic hydroxyl groups excluding tert-OH is 2. The van der Waals surface area contributed by atoms with Crippen molar-refractivity contribution in [3.05, 3.63) is 66.0 Å². The van der Waals surface area contributed by atoms with Crippen LogP contribution in [0.15, 0.2) is 54.9 Å². The molecule has 1 aliphatic rings. The fraction of sp³-hybridized carbons (Fsp3) is 0.641. The molecule has 12 heteroatoms. The first-order valence-electron chi connectivity index (χ1n) is 18.6. The van der Waals surface area contributed by atoms with Gasteiger partial charge in [-0.3, -0.25) is 20.0 Å². The lowest BCUT2D eigenvalue weighted by Gasteiger charge is -2.39. The van der Waals surface area contributed by atoms with E-state index in [2.05, 4.69) is 29.6 Å². The van der Waals surface area contributed by atoms with E-state index in [1.807, 2.05) is 37.3 Å². The summed E-state index contributed by atoms with van der Waals surface area (Å²) in [5, 5.41) is 25.3. The standard InChI is InChI=1S/C39H61N5O7/c1-5-6-20-39(21-14-31-10-8-7-9-11-31,41-38(49)43-24-17-35(18-25-43)51-29-50-4)37(48)42-44(28-32-15-22-40-23-16-32)36(47)33(19-26-45)27-34(46)13-12-30(2)3/h7-11,15-16,22-23,30,33-35,45-46H,5-6,12-14,17-21,24-29H2,1-4H3,(H,41,49)(H,42,48)/t33-,34-,39+/m0/s1. The van der Waals surface area contributed by atoms with Gasteiger partial charge >= 0.3 is 6.03 Å². The average Bonchev–Trinajstić information content (AvgIpc) is 3.14. The number of hydrazine groups is 1. The van der Waals surface area contributed by atoms with Crippen molar-refractivity contribution in [3.8, 4) is 0 Å². The number of unbranched alkanes of at least 4 members (excludes halogenated alkanes) is 1. The molecule has 4 amide bonds. The molecule has 0 saturated carbocycles. The van der Waals surface area contributed by atoms with E-state index in [4.69, 9.17) is 9.47 Å². The molecule has 284 valence electrons. The summed E-state index contributed by atoms with van der Waals surface area (Å²) in [6.07, 6.45) is 8.10. The predicted molar refractivity (Wildman–Crippen MR) is 196 cm³/mol. The number of nitrogens with zero attached hydrogens (tertiary/aromatic N) is 3. The number of benzene rings is 1. The van der Waals surface area contributed by atoms with Crippen molar-refractivity contribution in [1.29, 1.82) is 0 Å². The Kier molecular flexibility index (Phi) is 18.4. The first-order valence-corrected chi connectivity index (χ1v) is 18.6. The van der Waals surface area contributed by atoms with Crippen molar-refractivity contribution in [3.63, 3.8) is 0 Å². The number of carbonyl (C=O) groups excluding carboxylic acids is 3. The van der Waals surface area contributed by atoms with Crippen LogP contribution in [0.3, 0.4) is 0 Å². The number of methoxy groups -OCH3 is 1. The van der Waals surface area contributed by atoms with Gasteiger partial charge in [-0.25, -0.2) is 9.80 Å². The first kappa shape index (κ1) is 41.8. The number of ether oxygens (including phenoxy) is 2. The van der Waals surface area contributed by atoms with Crippen LogP contribution in [-0.2, 0) is 32.0 Å². The van der Waals surface area contributed by atoms with Crippen LogP contribution >= 0.6 is 0 Å². The number of aliphatic hydroxyl groups is 2. The van der Waals surface area contributed by atoms with Crippen LogP contribution in [-0.4, -0.2) is 94.3 Å². The van der Waals surface area contributed by atoms with Gasteiger partial charge in [0.05, 0.1) is 18.8 Å². The van der Waals surface area contributed by atoms with Crippen molar-refractivity contribution < 1.29 is 34.1 Å². The Balaban J connectivity index is 1.94. The maximum atomic E-state index is 14.8. The Morgan fingerprint density at radius 2 is 1.73 bits per heavy atom. The van der Waals surface area contributed by atoms with E-state index in [9.17, 15) is 24.6 Å². The fourth-order valence-electron chi connectivity index (χ4n) is 6.45. The van der Waals surface area contributed by atoms with Crippen LogP contribution in [0, 0.1) is 11.8 Å². The maximum absolute atomic E-state index is 14.8. The van der Waals surface area contributed by atoms with E-state index in [0.717, 1.165) is 24.0 Å². The fourth-order valence-corrected chi connectivity index (χ4v) is 6.45. The number of hydrogen-bond donors (Lipinski definition) is 4. The molecule has 3 rings (SSSR count). The summed E-state index contributed by atoms with van der Waals surface area (Å²) in [4.78, 5) is 48.9. The van der Waals surface area contributed by atoms with Gasteiger partial charge in [-0.05, 0) is 87.0 Å². The maximum Gasteiger partial charge on any atom is 0.318 e. The SMILES string of the molecule is CCCC[C@](CCc1ccccc1)(NC(=O)N1CCC(OCOC)CC1)C(=O)NN(Cc1ccncc1)C(=O)[C@@H](CCO)C[C@@H](O)CCC(C)C. The topological polar surface area (TPSA) is 154 Å². The summed E-state index contributed by atoms with van der Waals surface area (Å²) in [5.41, 5.74) is 3.38. The van der Waals surface area contributed by atoms with Gasteiger partial charge in [0.2, 0.25) is 5.91 Å². The molecule has 51 heavy (non-hydrogen) atoms. The smallest absolute Gasteiger partial charge is 0.318 e. The third-order valence-electron chi connectivity index (χ3n) is 9.63. The zero-order chi connectivity index (χ0) is 37.1. The summed E-state index contributed by atoms with van der Waals surface area (Å²) in [5.74, 6) is -1.23. The van der Waals surface area contributed by atoms with Crippen LogP contribution in [0.4, 0.5) is 4.79 Å².